The molecule has 0 radical (unpaired) electrons. The molecule has 2 N–H and O–H groups in total. The number of carbonyl (C=O) groups excluding carboxylic acids is 1. The number of benzene rings is 3. The molecule has 1 aromatic heterocycles. The number of aromatic nitrogens is 1. The van der Waals surface area contributed by atoms with Crippen LogP contribution in [0, 0.1) is 10.1 Å². The van der Waals surface area contributed by atoms with E-state index in [1.165, 1.54) is 0 Å². The predicted molar refractivity (Wildman–Crippen MR) is 132 cm³/mol. The highest BCUT2D eigenvalue weighted by molar-refractivity contribution is 6.32. The molecule has 0 fully saturated rings. The molecule has 9 nitrogen and oxygen atoms in total. The van der Waals surface area contributed by atoms with Crippen LogP contribution in [0.2, 0.25) is 5.02 Å². The third-order valence-corrected chi connectivity index (χ3v) is 5.66. The number of nitro groups is 1. The summed E-state index contributed by atoms with van der Waals surface area (Å²) >= 11 is 6.51. The molecule has 1 heterocycles. The summed E-state index contributed by atoms with van der Waals surface area (Å²) in [6.45, 7) is 0.611. The minimum absolute atomic E-state index is 0.0664. The molecule has 0 bridgehead atoms. The zero-order valence-electron chi connectivity index (χ0n) is 19.1. The van der Waals surface area contributed by atoms with Crippen molar-refractivity contribution in [1.82, 2.24) is 5.16 Å². The Balaban J connectivity index is 1.58. The maximum Gasteiger partial charge on any atom is 0.344 e. The number of nitrogens with two attached hydrogens (primary N) is 1. The average Bonchev–Trinajstić information content (AvgIpc) is 3.32. The van der Waals surface area contributed by atoms with Crippen molar-refractivity contribution in [3.05, 3.63) is 116 Å². The summed E-state index contributed by atoms with van der Waals surface area (Å²) in [6.07, 6.45) is 0.329. The van der Waals surface area contributed by atoms with E-state index in [1.807, 2.05) is 60.7 Å². The van der Waals surface area contributed by atoms with Gasteiger partial charge in [0, 0.05) is 12.5 Å². The first-order chi connectivity index (χ1) is 17.4. The Morgan fingerprint density at radius 1 is 0.944 bits per heavy atom. The minimum Gasteiger partial charge on any atom is -0.488 e. The number of carbonyl (C=O) groups is 1. The van der Waals surface area contributed by atoms with Crippen LogP contribution in [-0.2, 0) is 26.1 Å². The van der Waals surface area contributed by atoms with E-state index >= 15 is 0 Å². The molecular formula is C26H22ClN3O6. The van der Waals surface area contributed by atoms with Gasteiger partial charge in [0.1, 0.15) is 24.7 Å². The van der Waals surface area contributed by atoms with Gasteiger partial charge in [0.15, 0.2) is 0 Å². The minimum atomic E-state index is -1.04. The second-order valence-electron chi connectivity index (χ2n) is 7.86. The van der Waals surface area contributed by atoms with E-state index in [4.69, 9.17) is 31.3 Å². The quantitative estimate of drug-likeness (QED) is 0.216. The lowest BCUT2D eigenvalue weighted by Crippen LogP contribution is -2.13. The van der Waals surface area contributed by atoms with Crippen LogP contribution in [0.5, 0.6) is 11.5 Å². The van der Waals surface area contributed by atoms with Gasteiger partial charge in [-0.25, -0.2) is 0 Å². The summed E-state index contributed by atoms with van der Waals surface area (Å²) in [4.78, 5) is 22.2. The largest absolute Gasteiger partial charge is 0.488 e. The number of primary amides is 1. The molecule has 1 amide bonds. The molecule has 0 aliphatic rings. The fourth-order valence-corrected chi connectivity index (χ4v) is 3.81. The van der Waals surface area contributed by atoms with Crippen molar-refractivity contribution < 1.29 is 23.7 Å². The molecular weight excluding hydrogens is 486 g/mol. The van der Waals surface area contributed by atoms with Gasteiger partial charge >= 0.3 is 5.69 Å². The summed E-state index contributed by atoms with van der Waals surface area (Å²) in [5.74, 6) is -0.160. The maximum absolute atomic E-state index is 11.5. The number of ether oxygens (including phenoxy) is 2. The standard InChI is InChI=1S/C26H22ClN3O6/c27-20-13-19(11-12-21-25(30(32)33)24(26(28)31)29-36-21)22(34-15-17-7-3-1-4-8-17)14-23(20)35-16-18-9-5-2-6-10-18/h1-10,13-14H,11-12,15-16H2,(H2,28,31). The van der Waals surface area contributed by atoms with Gasteiger partial charge in [-0.3, -0.25) is 14.9 Å². The zero-order chi connectivity index (χ0) is 25.5. The zero-order valence-corrected chi connectivity index (χ0v) is 19.8. The predicted octanol–water partition coefficient (Wildman–Crippen LogP) is 5.28. The average molecular weight is 508 g/mol. The summed E-state index contributed by atoms with van der Waals surface area (Å²) in [7, 11) is 0. The Kier molecular flexibility index (Phi) is 7.82. The first-order valence-electron chi connectivity index (χ1n) is 11.0. The second-order valence-corrected chi connectivity index (χ2v) is 8.27. The highest BCUT2D eigenvalue weighted by Crippen LogP contribution is 2.35. The Bertz CT molecular complexity index is 1360. The highest BCUT2D eigenvalue weighted by Gasteiger charge is 2.30. The van der Waals surface area contributed by atoms with E-state index in [0.29, 0.717) is 35.3 Å². The molecule has 4 aromatic rings. The van der Waals surface area contributed by atoms with E-state index in [9.17, 15) is 14.9 Å². The first kappa shape index (κ1) is 24.7. The lowest BCUT2D eigenvalue weighted by atomic mass is 10.1. The number of hydrogen-bond donors (Lipinski definition) is 1. The van der Waals surface area contributed by atoms with E-state index in [1.54, 1.807) is 12.1 Å². The molecule has 0 spiro atoms. The summed E-state index contributed by atoms with van der Waals surface area (Å²) in [6, 6.07) is 22.7. The summed E-state index contributed by atoms with van der Waals surface area (Å²) in [5.41, 5.74) is 6.74. The molecule has 4 rings (SSSR count). The summed E-state index contributed by atoms with van der Waals surface area (Å²) in [5, 5.41) is 15.3. The van der Waals surface area contributed by atoms with Crippen LogP contribution in [0.25, 0.3) is 0 Å². The number of aryl methyl sites for hydroxylation is 2. The normalized spacial score (nSPS) is 10.7. The number of nitrogens with zero attached hydrogens (tertiary/aromatic N) is 2. The van der Waals surface area contributed by atoms with E-state index in [0.717, 1.165) is 11.1 Å². The molecule has 184 valence electrons. The van der Waals surface area contributed by atoms with Gasteiger partial charge < -0.3 is 19.7 Å². The van der Waals surface area contributed by atoms with Crippen molar-refractivity contribution in [3.8, 4) is 11.5 Å². The number of halogens is 1. The van der Waals surface area contributed by atoms with Gasteiger partial charge in [-0.15, -0.1) is 0 Å². The number of amides is 1. The highest BCUT2D eigenvalue weighted by atomic mass is 35.5. The van der Waals surface area contributed by atoms with Crippen LogP contribution in [0.3, 0.4) is 0 Å². The fourth-order valence-electron chi connectivity index (χ4n) is 3.57. The van der Waals surface area contributed by atoms with Crippen molar-refractivity contribution in [2.75, 3.05) is 0 Å². The number of rotatable bonds is 11. The molecule has 0 aliphatic carbocycles. The Hall–Kier alpha value is -4.37. The molecule has 0 aliphatic heterocycles. The van der Waals surface area contributed by atoms with Gasteiger partial charge in [-0.2, -0.15) is 0 Å². The smallest absolute Gasteiger partial charge is 0.344 e. The van der Waals surface area contributed by atoms with Gasteiger partial charge in [0.05, 0.1) is 9.95 Å². The van der Waals surface area contributed by atoms with Crippen molar-refractivity contribution >= 4 is 23.2 Å². The van der Waals surface area contributed by atoms with Crippen LogP contribution in [0.4, 0.5) is 5.69 Å². The fraction of sp³-hybridized carbons (Fsp3) is 0.154. The topological polar surface area (TPSA) is 131 Å². The van der Waals surface area contributed by atoms with Crippen LogP contribution >= 0.6 is 11.6 Å². The Labute approximate surface area is 211 Å². The van der Waals surface area contributed by atoms with Crippen molar-refractivity contribution in [2.45, 2.75) is 26.1 Å². The van der Waals surface area contributed by atoms with Gasteiger partial charge in [-0.1, -0.05) is 77.4 Å². The molecule has 0 atom stereocenters. The molecule has 3 aromatic carbocycles. The van der Waals surface area contributed by atoms with Gasteiger partial charge in [-0.05, 0) is 29.2 Å². The van der Waals surface area contributed by atoms with Crippen LogP contribution in [0.15, 0.2) is 77.3 Å². The van der Waals surface area contributed by atoms with Gasteiger partial charge in [0.2, 0.25) is 11.5 Å². The van der Waals surface area contributed by atoms with E-state index < -0.39 is 22.2 Å². The maximum atomic E-state index is 11.5. The molecule has 0 saturated carbocycles. The van der Waals surface area contributed by atoms with Crippen LogP contribution < -0.4 is 15.2 Å². The Morgan fingerprint density at radius 3 is 2.08 bits per heavy atom. The number of hydrogen-bond acceptors (Lipinski definition) is 7. The van der Waals surface area contributed by atoms with Crippen molar-refractivity contribution in [2.24, 2.45) is 5.73 Å². The van der Waals surface area contributed by atoms with E-state index in [-0.39, 0.29) is 18.6 Å². The monoisotopic (exact) mass is 507 g/mol. The lowest BCUT2D eigenvalue weighted by Gasteiger charge is -2.15. The Morgan fingerprint density at radius 2 is 1.53 bits per heavy atom. The first-order valence-corrected chi connectivity index (χ1v) is 11.4. The molecule has 0 unspecified atom stereocenters. The third kappa shape index (κ3) is 6.00. The molecule has 36 heavy (non-hydrogen) atoms. The van der Waals surface area contributed by atoms with Gasteiger partial charge in [0.25, 0.3) is 5.91 Å². The van der Waals surface area contributed by atoms with Crippen molar-refractivity contribution in [1.29, 1.82) is 0 Å². The third-order valence-electron chi connectivity index (χ3n) is 5.36. The van der Waals surface area contributed by atoms with Crippen LogP contribution in [0.1, 0.15) is 32.9 Å². The lowest BCUT2D eigenvalue weighted by molar-refractivity contribution is -0.386. The van der Waals surface area contributed by atoms with Crippen LogP contribution in [-0.4, -0.2) is 16.0 Å². The second kappa shape index (κ2) is 11.4. The SMILES string of the molecule is NC(=O)c1noc(CCc2cc(Cl)c(OCc3ccccc3)cc2OCc2ccccc2)c1[N+](=O)[O-]. The molecule has 10 heteroatoms. The van der Waals surface area contributed by atoms with E-state index in [2.05, 4.69) is 5.16 Å². The molecule has 0 saturated heterocycles. The van der Waals surface area contributed by atoms with Crippen molar-refractivity contribution in [3.63, 3.8) is 0 Å². The summed E-state index contributed by atoms with van der Waals surface area (Å²) < 4.78 is 17.1.